The molecule has 0 aliphatic carbocycles. The molecule has 1 unspecified atom stereocenters. The first kappa shape index (κ1) is 16.0. The standard InChI is InChI=1S/C7H14NO3P.Na.H/c1-3-5-10-12(9,6-4-2)11-7-8;;/h3-4H,1-2,5-8H2;;/q;+1;-1. The van der Waals surface area contributed by atoms with Gasteiger partial charge >= 0.3 is 37.2 Å². The zero-order chi connectivity index (χ0) is 9.45. The maximum Gasteiger partial charge on any atom is 1.00 e. The molecule has 0 spiro atoms. The Kier molecular flexibility index (Phi) is 11.3. The van der Waals surface area contributed by atoms with Crippen LogP contribution in [0.3, 0.4) is 0 Å². The fraction of sp³-hybridized carbons (Fsp3) is 0.429. The number of hydrogen-bond acceptors (Lipinski definition) is 4. The van der Waals surface area contributed by atoms with Crippen LogP contribution < -0.4 is 35.3 Å². The van der Waals surface area contributed by atoms with Gasteiger partial charge in [-0.15, -0.1) is 13.2 Å². The molecule has 0 radical (unpaired) electrons. The van der Waals surface area contributed by atoms with Crippen LogP contribution in [-0.4, -0.2) is 19.5 Å². The topological polar surface area (TPSA) is 61.5 Å². The average Bonchev–Trinajstić information content (AvgIpc) is 2.02. The normalized spacial score (nSPS) is 13.9. The van der Waals surface area contributed by atoms with E-state index in [1.807, 2.05) is 0 Å². The van der Waals surface area contributed by atoms with E-state index >= 15 is 0 Å². The molecule has 0 aliphatic heterocycles. The van der Waals surface area contributed by atoms with Gasteiger partial charge in [-0.25, -0.2) is 0 Å². The smallest absolute Gasteiger partial charge is 1.00 e. The fourth-order valence-electron chi connectivity index (χ4n) is 0.581. The molecule has 4 nitrogen and oxygen atoms in total. The van der Waals surface area contributed by atoms with Crippen LogP contribution in [-0.2, 0) is 13.6 Å². The Labute approximate surface area is 102 Å². The van der Waals surface area contributed by atoms with Gasteiger partial charge in [0.25, 0.3) is 0 Å². The molecule has 0 aliphatic rings. The Balaban J connectivity index is -0.000000605. The molecule has 0 fully saturated rings. The predicted octanol–water partition coefficient (Wildman–Crippen LogP) is -1.38. The SMILES string of the molecule is C=CCOP(=O)(CC=C)OCN.[H-].[Na+]. The summed E-state index contributed by atoms with van der Waals surface area (Å²) in [4.78, 5) is 0. The molecule has 0 saturated heterocycles. The first-order valence-corrected chi connectivity index (χ1v) is 5.21. The summed E-state index contributed by atoms with van der Waals surface area (Å²) in [5.74, 6) is 0. The third-order valence-electron chi connectivity index (χ3n) is 1.01. The van der Waals surface area contributed by atoms with Crippen LogP contribution in [0, 0.1) is 0 Å². The molecule has 0 rings (SSSR count). The van der Waals surface area contributed by atoms with Crippen molar-refractivity contribution in [2.45, 2.75) is 0 Å². The molecule has 13 heavy (non-hydrogen) atoms. The van der Waals surface area contributed by atoms with E-state index in [0.717, 1.165) is 0 Å². The van der Waals surface area contributed by atoms with E-state index in [4.69, 9.17) is 14.8 Å². The van der Waals surface area contributed by atoms with Crippen molar-refractivity contribution in [3.8, 4) is 0 Å². The first-order chi connectivity index (χ1) is 5.68. The van der Waals surface area contributed by atoms with Gasteiger partial charge in [0.05, 0.1) is 12.8 Å². The van der Waals surface area contributed by atoms with Gasteiger partial charge in [-0.3, -0.25) is 9.09 Å². The van der Waals surface area contributed by atoms with Gasteiger partial charge in [0.2, 0.25) is 0 Å². The van der Waals surface area contributed by atoms with E-state index in [-0.39, 0.29) is 50.5 Å². The van der Waals surface area contributed by atoms with E-state index < -0.39 is 7.60 Å². The maximum atomic E-state index is 11.5. The van der Waals surface area contributed by atoms with Crippen LogP contribution in [0.2, 0.25) is 0 Å². The summed E-state index contributed by atoms with van der Waals surface area (Å²) >= 11 is 0. The van der Waals surface area contributed by atoms with Gasteiger partial charge in [-0.1, -0.05) is 12.2 Å². The summed E-state index contributed by atoms with van der Waals surface area (Å²) in [5, 5.41) is 0. The summed E-state index contributed by atoms with van der Waals surface area (Å²) in [6.07, 6.45) is 3.13. The van der Waals surface area contributed by atoms with Gasteiger partial charge in [0, 0.05) is 0 Å². The van der Waals surface area contributed by atoms with Crippen LogP contribution in [0.25, 0.3) is 0 Å². The van der Waals surface area contributed by atoms with Crippen molar-refractivity contribution in [3.05, 3.63) is 25.3 Å². The molecule has 0 bridgehead atoms. The summed E-state index contributed by atoms with van der Waals surface area (Å²) in [7, 11) is -3.05. The molecule has 6 heteroatoms. The van der Waals surface area contributed by atoms with Crippen molar-refractivity contribution >= 4 is 7.60 Å². The van der Waals surface area contributed by atoms with E-state index in [1.54, 1.807) is 0 Å². The monoisotopic (exact) mass is 215 g/mol. The number of nitrogens with two attached hydrogens (primary N) is 1. The number of hydrogen-bond donors (Lipinski definition) is 1. The first-order valence-electron chi connectivity index (χ1n) is 3.48. The Morgan fingerprint density at radius 3 is 2.38 bits per heavy atom. The van der Waals surface area contributed by atoms with E-state index in [9.17, 15) is 4.57 Å². The second-order valence-corrected chi connectivity index (χ2v) is 4.07. The van der Waals surface area contributed by atoms with Crippen molar-refractivity contribution in [2.75, 3.05) is 19.5 Å². The molecule has 1 atom stereocenters. The van der Waals surface area contributed by atoms with Crippen molar-refractivity contribution in [3.63, 3.8) is 0 Å². The van der Waals surface area contributed by atoms with Gasteiger partial charge in [0.15, 0.2) is 0 Å². The molecule has 0 aromatic rings. The average molecular weight is 215 g/mol. The van der Waals surface area contributed by atoms with Crippen molar-refractivity contribution in [2.24, 2.45) is 5.73 Å². The molecule has 0 saturated carbocycles. The molecule has 2 N–H and O–H groups in total. The fourth-order valence-corrected chi connectivity index (χ4v) is 1.74. The van der Waals surface area contributed by atoms with E-state index in [0.29, 0.717) is 0 Å². The molecular weight excluding hydrogens is 200 g/mol. The Morgan fingerprint density at radius 2 is 2.00 bits per heavy atom. The van der Waals surface area contributed by atoms with Crippen LogP contribution in [0.1, 0.15) is 1.43 Å². The zero-order valence-electron chi connectivity index (χ0n) is 8.94. The molecule has 0 aromatic heterocycles. The number of rotatable bonds is 7. The van der Waals surface area contributed by atoms with Crippen molar-refractivity contribution in [1.29, 1.82) is 0 Å². The molecule has 0 heterocycles. The van der Waals surface area contributed by atoms with Gasteiger partial charge in [0.1, 0.15) is 6.73 Å². The molecular formula is C7H15NNaO3P. The van der Waals surface area contributed by atoms with Crippen LogP contribution in [0.4, 0.5) is 0 Å². The number of allylic oxidation sites excluding steroid dienone is 1. The van der Waals surface area contributed by atoms with E-state index in [1.165, 1.54) is 12.2 Å². The van der Waals surface area contributed by atoms with Crippen LogP contribution >= 0.6 is 7.60 Å². The minimum atomic E-state index is -3.05. The Morgan fingerprint density at radius 1 is 1.38 bits per heavy atom. The minimum Gasteiger partial charge on any atom is -1.00 e. The largest absolute Gasteiger partial charge is 1.00 e. The summed E-state index contributed by atoms with van der Waals surface area (Å²) < 4.78 is 21.2. The molecule has 0 amide bonds. The van der Waals surface area contributed by atoms with Crippen LogP contribution in [0.15, 0.2) is 25.3 Å². The quantitative estimate of drug-likeness (QED) is 0.246. The van der Waals surface area contributed by atoms with Gasteiger partial charge < -0.3 is 11.7 Å². The van der Waals surface area contributed by atoms with Crippen molar-refractivity contribution < 1.29 is 44.6 Å². The predicted molar refractivity (Wildman–Crippen MR) is 50.1 cm³/mol. The van der Waals surface area contributed by atoms with Crippen LogP contribution in [0.5, 0.6) is 0 Å². The van der Waals surface area contributed by atoms with E-state index in [2.05, 4.69) is 13.2 Å². The van der Waals surface area contributed by atoms with Gasteiger partial charge in [-0.05, 0) is 0 Å². The summed E-state index contributed by atoms with van der Waals surface area (Å²) in [6, 6.07) is 0. The molecule has 0 aromatic carbocycles. The third-order valence-corrected chi connectivity index (χ3v) is 2.80. The Bertz CT molecular complexity index is 203. The summed E-state index contributed by atoms with van der Waals surface area (Å²) in [5.41, 5.74) is 5.08. The van der Waals surface area contributed by atoms with Gasteiger partial charge in [-0.2, -0.15) is 0 Å². The Hall–Kier alpha value is 0.590. The maximum absolute atomic E-state index is 11.5. The molecule has 72 valence electrons. The summed E-state index contributed by atoms with van der Waals surface area (Å²) in [6.45, 7) is 6.93. The minimum absolute atomic E-state index is 0. The second kappa shape index (κ2) is 9.16. The third kappa shape index (κ3) is 7.65. The second-order valence-electron chi connectivity index (χ2n) is 1.96. The zero-order valence-corrected chi connectivity index (χ0v) is 10.8. The van der Waals surface area contributed by atoms with Crippen molar-refractivity contribution in [1.82, 2.24) is 0 Å².